The van der Waals surface area contributed by atoms with Crippen LogP contribution in [0, 0.1) is 6.92 Å². The molecule has 0 fully saturated rings. The lowest BCUT2D eigenvalue weighted by molar-refractivity contribution is -0.133. The second-order valence-electron chi connectivity index (χ2n) is 5.02. The van der Waals surface area contributed by atoms with E-state index in [2.05, 4.69) is 4.72 Å². The molecule has 0 amide bonds. The van der Waals surface area contributed by atoms with Crippen molar-refractivity contribution in [2.45, 2.75) is 18.7 Å². The fourth-order valence-electron chi connectivity index (χ4n) is 1.89. The first-order valence-electron chi connectivity index (χ1n) is 7.40. The SMILES string of the molecule is CCOc1ccc(S(=O)(=O)NCC(=O)Oc2ccc(C)cc2)cc1. The summed E-state index contributed by atoms with van der Waals surface area (Å²) in [5.41, 5.74) is 1.03. The summed E-state index contributed by atoms with van der Waals surface area (Å²) in [6, 6.07) is 12.8. The number of carbonyl (C=O) groups excluding carboxylic acids is 1. The minimum Gasteiger partial charge on any atom is -0.494 e. The Kier molecular flexibility index (Phi) is 5.94. The molecule has 0 aliphatic carbocycles. The highest BCUT2D eigenvalue weighted by Crippen LogP contribution is 2.16. The lowest BCUT2D eigenvalue weighted by Crippen LogP contribution is -2.31. The van der Waals surface area contributed by atoms with Crippen LogP contribution in [0.5, 0.6) is 11.5 Å². The van der Waals surface area contributed by atoms with Crippen LogP contribution in [0.4, 0.5) is 0 Å². The van der Waals surface area contributed by atoms with Crippen molar-refractivity contribution < 1.29 is 22.7 Å². The molecule has 0 radical (unpaired) electrons. The maximum Gasteiger partial charge on any atom is 0.326 e. The molecule has 128 valence electrons. The van der Waals surface area contributed by atoms with E-state index in [1.165, 1.54) is 12.1 Å². The Labute approximate surface area is 141 Å². The maximum atomic E-state index is 12.1. The molecule has 0 aliphatic heterocycles. The Morgan fingerprint density at radius 3 is 2.17 bits per heavy atom. The number of carbonyl (C=O) groups is 1. The van der Waals surface area contributed by atoms with Crippen molar-refractivity contribution in [3.8, 4) is 11.5 Å². The molecular formula is C17H19NO5S. The van der Waals surface area contributed by atoms with Crippen LogP contribution in [-0.2, 0) is 14.8 Å². The maximum absolute atomic E-state index is 12.1. The molecule has 0 heterocycles. The van der Waals surface area contributed by atoms with Gasteiger partial charge in [0.1, 0.15) is 18.0 Å². The van der Waals surface area contributed by atoms with Gasteiger partial charge in [0.05, 0.1) is 11.5 Å². The average molecular weight is 349 g/mol. The predicted molar refractivity (Wildman–Crippen MR) is 89.6 cm³/mol. The van der Waals surface area contributed by atoms with Crippen LogP contribution in [0.1, 0.15) is 12.5 Å². The lowest BCUT2D eigenvalue weighted by Gasteiger charge is -2.08. The largest absolute Gasteiger partial charge is 0.494 e. The molecule has 6 nitrogen and oxygen atoms in total. The first-order chi connectivity index (χ1) is 11.4. The Hall–Kier alpha value is -2.38. The fraction of sp³-hybridized carbons (Fsp3) is 0.235. The zero-order valence-electron chi connectivity index (χ0n) is 13.5. The van der Waals surface area contributed by atoms with Crippen molar-refractivity contribution in [2.75, 3.05) is 13.2 Å². The van der Waals surface area contributed by atoms with Gasteiger partial charge in [-0.1, -0.05) is 17.7 Å². The summed E-state index contributed by atoms with van der Waals surface area (Å²) in [4.78, 5) is 11.8. The summed E-state index contributed by atoms with van der Waals surface area (Å²) in [6.45, 7) is 3.79. The average Bonchev–Trinajstić information content (AvgIpc) is 2.56. The number of rotatable bonds is 7. The van der Waals surface area contributed by atoms with Gasteiger partial charge in [-0.15, -0.1) is 0 Å². The number of nitrogens with one attached hydrogen (secondary N) is 1. The molecule has 0 saturated carbocycles. The van der Waals surface area contributed by atoms with Gasteiger partial charge in [0.25, 0.3) is 0 Å². The summed E-state index contributed by atoms with van der Waals surface area (Å²) >= 11 is 0. The van der Waals surface area contributed by atoms with Crippen LogP contribution >= 0.6 is 0 Å². The highest BCUT2D eigenvalue weighted by atomic mass is 32.2. The van der Waals surface area contributed by atoms with Crippen LogP contribution in [-0.4, -0.2) is 27.5 Å². The Balaban J connectivity index is 1.93. The van der Waals surface area contributed by atoms with E-state index in [4.69, 9.17) is 9.47 Å². The van der Waals surface area contributed by atoms with Crippen molar-refractivity contribution in [3.63, 3.8) is 0 Å². The normalized spacial score (nSPS) is 11.1. The van der Waals surface area contributed by atoms with E-state index in [0.717, 1.165) is 5.56 Å². The van der Waals surface area contributed by atoms with Crippen molar-refractivity contribution >= 4 is 16.0 Å². The number of benzene rings is 2. The minimum absolute atomic E-state index is 0.0501. The van der Waals surface area contributed by atoms with Gasteiger partial charge in [0.2, 0.25) is 10.0 Å². The van der Waals surface area contributed by atoms with E-state index in [1.807, 2.05) is 13.8 Å². The van der Waals surface area contributed by atoms with Crippen molar-refractivity contribution in [2.24, 2.45) is 0 Å². The Morgan fingerprint density at radius 2 is 1.58 bits per heavy atom. The standard InChI is InChI=1S/C17H19NO5S/c1-3-22-14-8-10-16(11-9-14)24(20,21)18-12-17(19)23-15-6-4-13(2)5-7-15/h4-11,18H,3,12H2,1-2H3. The van der Waals surface area contributed by atoms with Gasteiger partial charge < -0.3 is 9.47 Å². The van der Waals surface area contributed by atoms with E-state index in [1.54, 1.807) is 36.4 Å². The van der Waals surface area contributed by atoms with Crippen molar-refractivity contribution in [3.05, 3.63) is 54.1 Å². The van der Waals surface area contributed by atoms with Crippen LogP contribution in [0.2, 0.25) is 0 Å². The quantitative estimate of drug-likeness (QED) is 0.613. The van der Waals surface area contributed by atoms with E-state index < -0.39 is 22.5 Å². The summed E-state index contributed by atoms with van der Waals surface area (Å²) < 4.78 is 36.8. The molecule has 0 atom stereocenters. The molecule has 7 heteroatoms. The molecule has 0 spiro atoms. The molecule has 2 rings (SSSR count). The molecule has 0 bridgehead atoms. The third kappa shape index (κ3) is 5.07. The molecule has 1 N–H and O–H groups in total. The van der Waals surface area contributed by atoms with Gasteiger partial charge in [-0.3, -0.25) is 4.79 Å². The smallest absolute Gasteiger partial charge is 0.326 e. The summed E-state index contributed by atoms with van der Waals surface area (Å²) in [6.07, 6.45) is 0. The van der Waals surface area contributed by atoms with Gasteiger partial charge in [0.15, 0.2) is 0 Å². The molecule has 0 aromatic heterocycles. The van der Waals surface area contributed by atoms with E-state index in [-0.39, 0.29) is 4.90 Å². The van der Waals surface area contributed by atoms with Gasteiger partial charge in [-0.25, -0.2) is 8.42 Å². The highest BCUT2D eigenvalue weighted by molar-refractivity contribution is 7.89. The van der Waals surface area contributed by atoms with E-state index in [9.17, 15) is 13.2 Å². The molecule has 2 aromatic carbocycles. The summed E-state index contributed by atoms with van der Waals surface area (Å²) in [7, 11) is -3.79. The molecule has 2 aromatic rings. The first-order valence-corrected chi connectivity index (χ1v) is 8.89. The zero-order chi connectivity index (χ0) is 17.6. The van der Waals surface area contributed by atoms with Gasteiger partial charge >= 0.3 is 5.97 Å². The number of ether oxygens (including phenoxy) is 2. The van der Waals surface area contributed by atoms with E-state index in [0.29, 0.717) is 18.1 Å². The number of sulfonamides is 1. The zero-order valence-corrected chi connectivity index (χ0v) is 14.3. The molecule has 0 aliphatic rings. The highest BCUT2D eigenvalue weighted by Gasteiger charge is 2.16. The third-order valence-electron chi connectivity index (χ3n) is 3.10. The van der Waals surface area contributed by atoms with Crippen molar-refractivity contribution in [1.29, 1.82) is 0 Å². The summed E-state index contributed by atoms with van der Waals surface area (Å²) in [5, 5.41) is 0. The predicted octanol–water partition coefficient (Wildman–Crippen LogP) is 2.28. The molecule has 0 unspecified atom stereocenters. The first kappa shape index (κ1) is 18.0. The molecule has 0 saturated heterocycles. The number of esters is 1. The van der Waals surface area contributed by atoms with Crippen LogP contribution in [0.3, 0.4) is 0 Å². The number of hydrogen-bond donors (Lipinski definition) is 1. The third-order valence-corrected chi connectivity index (χ3v) is 4.52. The van der Waals surface area contributed by atoms with Crippen LogP contribution in [0.15, 0.2) is 53.4 Å². The van der Waals surface area contributed by atoms with Gasteiger partial charge in [-0.2, -0.15) is 4.72 Å². The number of aryl methyl sites for hydroxylation is 1. The molecule has 24 heavy (non-hydrogen) atoms. The molecular weight excluding hydrogens is 330 g/mol. The topological polar surface area (TPSA) is 81.7 Å². The minimum atomic E-state index is -3.79. The van der Waals surface area contributed by atoms with Crippen LogP contribution in [0.25, 0.3) is 0 Å². The fourth-order valence-corrected chi connectivity index (χ4v) is 2.86. The number of hydrogen-bond acceptors (Lipinski definition) is 5. The second-order valence-corrected chi connectivity index (χ2v) is 6.78. The van der Waals surface area contributed by atoms with Gasteiger partial charge in [0, 0.05) is 0 Å². The second kappa shape index (κ2) is 7.94. The van der Waals surface area contributed by atoms with Gasteiger partial charge in [-0.05, 0) is 50.2 Å². The van der Waals surface area contributed by atoms with Crippen LogP contribution < -0.4 is 14.2 Å². The summed E-state index contributed by atoms with van der Waals surface area (Å²) in [5.74, 6) is 0.259. The Morgan fingerprint density at radius 1 is 1.00 bits per heavy atom. The van der Waals surface area contributed by atoms with E-state index >= 15 is 0 Å². The Bertz CT molecular complexity index is 783. The monoisotopic (exact) mass is 349 g/mol. The van der Waals surface area contributed by atoms with Crippen molar-refractivity contribution in [1.82, 2.24) is 4.72 Å². The lowest BCUT2D eigenvalue weighted by atomic mass is 10.2.